The SMILES string of the molecule is Cc1cccc(Cn2c(=O)c(C(=O)NC[C@@H]3CCCO3)nn(-c3cc(C)cc(C)c3)c2=O)c1. The van der Waals surface area contributed by atoms with Crippen LogP contribution in [0, 0.1) is 20.8 Å². The van der Waals surface area contributed by atoms with Crippen LogP contribution in [-0.4, -0.2) is 39.5 Å². The van der Waals surface area contributed by atoms with E-state index in [1.165, 1.54) is 0 Å². The van der Waals surface area contributed by atoms with Crippen LogP contribution < -0.4 is 16.6 Å². The summed E-state index contributed by atoms with van der Waals surface area (Å²) >= 11 is 0. The number of hydrogen-bond donors (Lipinski definition) is 1. The van der Waals surface area contributed by atoms with Gasteiger partial charge in [-0.25, -0.2) is 4.79 Å². The third-order valence-corrected chi connectivity index (χ3v) is 5.66. The van der Waals surface area contributed by atoms with Crippen molar-refractivity contribution in [3.8, 4) is 5.69 Å². The van der Waals surface area contributed by atoms with Crippen molar-refractivity contribution in [2.75, 3.05) is 13.2 Å². The molecule has 1 amide bonds. The second-order valence-corrected chi connectivity index (χ2v) is 8.61. The summed E-state index contributed by atoms with van der Waals surface area (Å²) in [7, 11) is 0. The predicted molar refractivity (Wildman–Crippen MR) is 125 cm³/mol. The zero-order valence-corrected chi connectivity index (χ0v) is 19.1. The van der Waals surface area contributed by atoms with Crippen LogP contribution in [0.1, 0.15) is 45.6 Å². The number of carbonyl (C=O) groups excluding carboxylic acids is 1. The number of aromatic nitrogens is 3. The monoisotopic (exact) mass is 448 g/mol. The molecule has 2 heterocycles. The zero-order valence-electron chi connectivity index (χ0n) is 19.1. The number of hydrogen-bond acceptors (Lipinski definition) is 5. The Kier molecular flexibility index (Phi) is 6.55. The van der Waals surface area contributed by atoms with Crippen LogP contribution in [-0.2, 0) is 11.3 Å². The van der Waals surface area contributed by atoms with Crippen molar-refractivity contribution in [3.05, 3.63) is 91.3 Å². The van der Waals surface area contributed by atoms with Crippen LogP contribution >= 0.6 is 0 Å². The van der Waals surface area contributed by atoms with Crippen molar-refractivity contribution < 1.29 is 9.53 Å². The van der Waals surface area contributed by atoms with Gasteiger partial charge in [-0.05, 0) is 62.4 Å². The first-order valence-electron chi connectivity index (χ1n) is 11.1. The van der Waals surface area contributed by atoms with Gasteiger partial charge in [0.15, 0.2) is 0 Å². The van der Waals surface area contributed by atoms with Gasteiger partial charge in [0.05, 0.1) is 18.3 Å². The van der Waals surface area contributed by atoms with Crippen molar-refractivity contribution in [1.82, 2.24) is 19.7 Å². The topological polar surface area (TPSA) is 95.2 Å². The van der Waals surface area contributed by atoms with Gasteiger partial charge in [-0.2, -0.15) is 9.78 Å². The molecule has 1 N–H and O–H groups in total. The van der Waals surface area contributed by atoms with Crippen molar-refractivity contribution in [3.63, 3.8) is 0 Å². The van der Waals surface area contributed by atoms with Gasteiger partial charge in [-0.1, -0.05) is 35.9 Å². The van der Waals surface area contributed by atoms with Gasteiger partial charge < -0.3 is 10.1 Å². The van der Waals surface area contributed by atoms with Gasteiger partial charge in [-0.15, -0.1) is 0 Å². The highest BCUT2D eigenvalue weighted by molar-refractivity contribution is 5.91. The molecule has 3 aromatic rings. The van der Waals surface area contributed by atoms with E-state index in [1.54, 1.807) is 12.1 Å². The Labute approximate surface area is 191 Å². The molecule has 33 heavy (non-hydrogen) atoms. The Hall–Kier alpha value is -3.52. The van der Waals surface area contributed by atoms with Gasteiger partial charge >= 0.3 is 5.69 Å². The molecule has 1 aromatic heterocycles. The van der Waals surface area contributed by atoms with Crippen LogP contribution in [0.15, 0.2) is 52.1 Å². The van der Waals surface area contributed by atoms with Gasteiger partial charge in [0.25, 0.3) is 11.5 Å². The maximum Gasteiger partial charge on any atom is 0.352 e. The van der Waals surface area contributed by atoms with Crippen LogP contribution in [0.4, 0.5) is 0 Å². The minimum atomic E-state index is -0.716. The Bertz CT molecular complexity index is 1280. The molecule has 1 saturated heterocycles. The minimum Gasteiger partial charge on any atom is -0.376 e. The Balaban J connectivity index is 1.80. The molecule has 0 aliphatic carbocycles. The predicted octanol–water partition coefficient (Wildman–Crippen LogP) is 2.28. The molecule has 1 aliphatic heterocycles. The fourth-order valence-electron chi connectivity index (χ4n) is 4.13. The van der Waals surface area contributed by atoms with E-state index in [0.29, 0.717) is 18.8 Å². The van der Waals surface area contributed by atoms with Gasteiger partial charge in [0, 0.05) is 13.2 Å². The normalized spacial score (nSPS) is 15.5. The molecular weight excluding hydrogens is 420 g/mol. The highest BCUT2D eigenvalue weighted by atomic mass is 16.5. The molecular formula is C25H28N4O4. The average molecular weight is 449 g/mol. The summed E-state index contributed by atoms with van der Waals surface area (Å²) in [5.74, 6) is -0.619. The Morgan fingerprint density at radius 3 is 2.52 bits per heavy atom. The summed E-state index contributed by atoms with van der Waals surface area (Å²) in [6, 6.07) is 13.1. The Morgan fingerprint density at radius 1 is 1.09 bits per heavy atom. The van der Waals surface area contributed by atoms with Crippen LogP contribution in [0.25, 0.3) is 5.69 Å². The number of amides is 1. The summed E-state index contributed by atoms with van der Waals surface area (Å²) < 4.78 is 7.76. The molecule has 172 valence electrons. The number of nitrogens with zero attached hydrogens (tertiary/aromatic N) is 3. The lowest BCUT2D eigenvalue weighted by Crippen LogP contribution is -2.46. The van der Waals surface area contributed by atoms with E-state index in [2.05, 4.69) is 10.4 Å². The molecule has 0 radical (unpaired) electrons. The van der Waals surface area contributed by atoms with E-state index in [-0.39, 0.29) is 18.3 Å². The smallest absolute Gasteiger partial charge is 0.352 e. The molecule has 2 aromatic carbocycles. The molecule has 1 atom stereocenters. The molecule has 8 nitrogen and oxygen atoms in total. The fraction of sp³-hybridized carbons (Fsp3) is 0.360. The van der Waals surface area contributed by atoms with E-state index in [9.17, 15) is 14.4 Å². The van der Waals surface area contributed by atoms with E-state index >= 15 is 0 Å². The number of carbonyl (C=O) groups is 1. The lowest BCUT2D eigenvalue weighted by atomic mass is 10.1. The molecule has 1 aliphatic rings. The third-order valence-electron chi connectivity index (χ3n) is 5.66. The second kappa shape index (κ2) is 9.54. The first-order chi connectivity index (χ1) is 15.8. The number of rotatable bonds is 6. The number of nitrogens with one attached hydrogen (secondary N) is 1. The second-order valence-electron chi connectivity index (χ2n) is 8.61. The number of aryl methyl sites for hydroxylation is 3. The quantitative estimate of drug-likeness (QED) is 0.624. The van der Waals surface area contributed by atoms with Gasteiger partial charge in [-0.3, -0.25) is 14.2 Å². The van der Waals surface area contributed by atoms with Crippen LogP contribution in [0.3, 0.4) is 0 Å². The third kappa shape index (κ3) is 5.12. The molecule has 0 saturated carbocycles. The lowest BCUT2D eigenvalue weighted by Gasteiger charge is -2.14. The first-order valence-corrected chi connectivity index (χ1v) is 11.1. The summed E-state index contributed by atoms with van der Waals surface area (Å²) in [4.78, 5) is 39.5. The lowest BCUT2D eigenvalue weighted by molar-refractivity contribution is 0.0849. The van der Waals surface area contributed by atoms with E-state index in [1.807, 2.05) is 51.1 Å². The van der Waals surface area contributed by atoms with Crippen molar-refractivity contribution in [1.29, 1.82) is 0 Å². The van der Waals surface area contributed by atoms with Crippen molar-refractivity contribution >= 4 is 5.91 Å². The van der Waals surface area contributed by atoms with E-state index < -0.39 is 17.2 Å². The average Bonchev–Trinajstić information content (AvgIpc) is 3.28. The summed E-state index contributed by atoms with van der Waals surface area (Å²) in [6.07, 6.45) is 1.72. The van der Waals surface area contributed by atoms with Crippen LogP contribution in [0.2, 0.25) is 0 Å². The fourth-order valence-corrected chi connectivity index (χ4v) is 4.13. The number of ether oxygens (including phenoxy) is 1. The molecule has 0 unspecified atom stereocenters. The van der Waals surface area contributed by atoms with Crippen LogP contribution in [0.5, 0.6) is 0 Å². The molecule has 0 spiro atoms. The van der Waals surface area contributed by atoms with Gasteiger partial charge in [0.1, 0.15) is 0 Å². The standard InChI is InChI=1S/C25H28N4O4/c1-16-6-4-7-19(11-16)15-28-24(31)22(23(30)26-14-21-8-5-9-33-21)27-29(25(28)32)20-12-17(2)10-18(3)13-20/h4,6-7,10-13,21H,5,8-9,14-15H2,1-3H3,(H,26,30)/t21-/m0/s1. The van der Waals surface area contributed by atoms with E-state index in [4.69, 9.17) is 4.74 Å². The Morgan fingerprint density at radius 2 is 1.85 bits per heavy atom. The molecule has 0 bridgehead atoms. The number of benzene rings is 2. The molecule has 4 rings (SSSR count). The van der Waals surface area contributed by atoms with Gasteiger partial charge in [0.2, 0.25) is 5.69 Å². The molecule has 1 fully saturated rings. The van der Waals surface area contributed by atoms with Crippen molar-refractivity contribution in [2.24, 2.45) is 0 Å². The first kappa shape index (κ1) is 22.7. The highest BCUT2D eigenvalue weighted by Gasteiger charge is 2.23. The highest BCUT2D eigenvalue weighted by Crippen LogP contribution is 2.12. The van der Waals surface area contributed by atoms with E-state index in [0.717, 1.165) is 44.3 Å². The summed E-state index contributed by atoms with van der Waals surface area (Å²) in [5, 5.41) is 6.95. The molecule has 8 heteroatoms. The summed E-state index contributed by atoms with van der Waals surface area (Å²) in [6.45, 7) is 6.77. The maximum atomic E-state index is 13.4. The maximum absolute atomic E-state index is 13.4. The largest absolute Gasteiger partial charge is 0.376 e. The minimum absolute atomic E-state index is 0.0404. The zero-order chi connectivity index (χ0) is 23.5. The van der Waals surface area contributed by atoms with Crippen molar-refractivity contribution in [2.45, 2.75) is 46.3 Å². The summed E-state index contributed by atoms with van der Waals surface area (Å²) in [5.41, 5.74) is 2.56.